The summed E-state index contributed by atoms with van der Waals surface area (Å²) in [7, 11) is 0. The van der Waals surface area contributed by atoms with Crippen LogP contribution < -0.4 is 10.6 Å². The monoisotopic (exact) mass is 286 g/mol. The van der Waals surface area contributed by atoms with Crippen molar-refractivity contribution in [3.63, 3.8) is 0 Å². The second-order valence-corrected chi connectivity index (χ2v) is 6.83. The van der Waals surface area contributed by atoms with E-state index in [9.17, 15) is 0 Å². The topological polar surface area (TPSA) is 29.3 Å². The molecule has 1 aliphatic rings. The predicted molar refractivity (Wildman–Crippen MR) is 87.6 cm³/mol. The third kappa shape index (κ3) is 2.74. The predicted octanol–water partition coefficient (Wildman–Crippen LogP) is 3.51. The number of nitrogens with two attached hydrogens (primary N) is 1. The Kier molecular flexibility index (Phi) is 3.81. The lowest BCUT2D eigenvalue weighted by Gasteiger charge is -2.29. The number of hydrogen-bond donors (Lipinski definition) is 1. The highest BCUT2D eigenvalue weighted by molar-refractivity contribution is 7.10. The van der Waals surface area contributed by atoms with Gasteiger partial charge in [-0.25, -0.2) is 0 Å². The highest BCUT2D eigenvalue weighted by atomic mass is 32.1. The highest BCUT2D eigenvalue weighted by Crippen LogP contribution is 2.29. The van der Waals surface area contributed by atoms with Crippen LogP contribution in [0, 0.1) is 6.92 Å². The molecule has 3 rings (SSSR count). The number of nitrogens with zero attached hydrogens (tertiary/aromatic N) is 1. The van der Waals surface area contributed by atoms with E-state index in [2.05, 4.69) is 48.4 Å². The summed E-state index contributed by atoms with van der Waals surface area (Å²) in [5.74, 6) is 0. The van der Waals surface area contributed by atoms with Gasteiger partial charge in [-0.1, -0.05) is 6.07 Å². The molecular formula is C17H22N2S. The molecule has 0 saturated carbocycles. The summed E-state index contributed by atoms with van der Waals surface area (Å²) in [6.45, 7) is 6.43. The van der Waals surface area contributed by atoms with Crippen molar-refractivity contribution in [1.29, 1.82) is 0 Å². The third-order valence-corrected chi connectivity index (χ3v) is 5.06. The van der Waals surface area contributed by atoms with Gasteiger partial charge in [-0.2, -0.15) is 0 Å². The summed E-state index contributed by atoms with van der Waals surface area (Å²) in [6, 6.07) is 9.31. The van der Waals surface area contributed by atoms with E-state index in [-0.39, 0.29) is 6.04 Å². The smallest absolute Gasteiger partial charge is 0.0440 e. The molecule has 2 aromatic rings. The molecule has 20 heavy (non-hydrogen) atoms. The van der Waals surface area contributed by atoms with Crippen molar-refractivity contribution in [1.82, 2.24) is 0 Å². The fourth-order valence-corrected chi connectivity index (χ4v) is 3.81. The molecule has 2 heterocycles. The molecule has 1 aliphatic heterocycles. The lowest BCUT2D eigenvalue weighted by atomic mass is 10.0. The van der Waals surface area contributed by atoms with Crippen molar-refractivity contribution >= 4 is 17.0 Å². The van der Waals surface area contributed by atoms with E-state index in [0.717, 1.165) is 19.5 Å². The van der Waals surface area contributed by atoms with E-state index in [1.165, 1.54) is 28.8 Å². The SMILES string of the molecule is Cc1cc(N2CCc3sccc3C2)ccc1CC(C)N. The zero-order valence-corrected chi connectivity index (χ0v) is 13.0. The van der Waals surface area contributed by atoms with Crippen LogP contribution in [0.1, 0.15) is 28.5 Å². The summed E-state index contributed by atoms with van der Waals surface area (Å²) in [6.07, 6.45) is 2.13. The largest absolute Gasteiger partial charge is 0.367 e. The number of anilines is 1. The maximum absolute atomic E-state index is 5.91. The first-order valence-corrected chi connectivity index (χ1v) is 8.17. The fourth-order valence-electron chi connectivity index (χ4n) is 2.92. The minimum atomic E-state index is 0.225. The second-order valence-electron chi connectivity index (χ2n) is 5.83. The van der Waals surface area contributed by atoms with Gasteiger partial charge in [-0.05, 0) is 67.0 Å². The van der Waals surface area contributed by atoms with Gasteiger partial charge in [0.25, 0.3) is 0 Å². The quantitative estimate of drug-likeness (QED) is 0.935. The van der Waals surface area contributed by atoms with E-state index in [4.69, 9.17) is 5.73 Å². The van der Waals surface area contributed by atoms with Gasteiger partial charge in [0.05, 0.1) is 0 Å². The van der Waals surface area contributed by atoms with E-state index >= 15 is 0 Å². The third-order valence-electron chi connectivity index (χ3n) is 4.04. The van der Waals surface area contributed by atoms with Gasteiger partial charge in [0.15, 0.2) is 0 Å². The molecule has 1 aromatic heterocycles. The molecule has 0 aliphatic carbocycles. The number of aryl methyl sites for hydroxylation is 1. The first kappa shape index (κ1) is 13.7. The second kappa shape index (κ2) is 5.58. The van der Waals surface area contributed by atoms with E-state index in [1.54, 1.807) is 4.88 Å². The van der Waals surface area contributed by atoms with E-state index in [0.29, 0.717) is 0 Å². The first-order valence-electron chi connectivity index (χ1n) is 7.29. The Bertz CT molecular complexity index is 601. The summed E-state index contributed by atoms with van der Waals surface area (Å²) in [4.78, 5) is 4.05. The number of benzene rings is 1. The summed E-state index contributed by atoms with van der Waals surface area (Å²) in [5, 5.41) is 2.21. The summed E-state index contributed by atoms with van der Waals surface area (Å²) in [5.41, 5.74) is 11.5. The minimum absolute atomic E-state index is 0.225. The molecule has 106 valence electrons. The van der Waals surface area contributed by atoms with Gasteiger partial charge in [0, 0.05) is 29.7 Å². The van der Waals surface area contributed by atoms with Crippen molar-refractivity contribution in [3.05, 3.63) is 51.2 Å². The van der Waals surface area contributed by atoms with Crippen LogP contribution in [0.15, 0.2) is 29.6 Å². The standard InChI is InChI=1S/C17H22N2S/c1-12-9-16(4-3-14(12)10-13(2)18)19-7-5-17-15(11-19)6-8-20-17/h3-4,6,8-9,13H,5,7,10-11,18H2,1-2H3. The number of rotatable bonds is 3. The molecule has 0 fully saturated rings. The molecule has 1 atom stereocenters. The number of fused-ring (bicyclic) bond motifs is 1. The Morgan fingerprint density at radius 3 is 2.95 bits per heavy atom. The molecule has 0 radical (unpaired) electrons. The van der Waals surface area contributed by atoms with Crippen LogP contribution in [-0.4, -0.2) is 12.6 Å². The molecule has 0 spiro atoms. The van der Waals surface area contributed by atoms with Gasteiger partial charge in [-0.3, -0.25) is 0 Å². The van der Waals surface area contributed by atoms with Crippen molar-refractivity contribution in [2.75, 3.05) is 11.4 Å². The van der Waals surface area contributed by atoms with Crippen molar-refractivity contribution in [2.24, 2.45) is 5.73 Å². The maximum atomic E-state index is 5.91. The molecule has 0 amide bonds. The zero-order chi connectivity index (χ0) is 14.1. The molecule has 0 saturated heterocycles. The highest BCUT2D eigenvalue weighted by Gasteiger charge is 2.17. The van der Waals surface area contributed by atoms with Gasteiger partial charge in [0.2, 0.25) is 0 Å². The van der Waals surface area contributed by atoms with Crippen molar-refractivity contribution in [2.45, 2.75) is 39.3 Å². The lowest BCUT2D eigenvalue weighted by molar-refractivity contribution is 0.730. The normalized spacial score (nSPS) is 16.1. The van der Waals surface area contributed by atoms with Crippen LogP contribution in [0.3, 0.4) is 0 Å². The Morgan fingerprint density at radius 1 is 1.35 bits per heavy atom. The van der Waals surface area contributed by atoms with Crippen LogP contribution in [0.2, 0.25) is 0 Å². The maximum Gasteiger partial charge on any atom is 0.0440 e. The molecular weight excluding hydrogens is 264 g/mol. The number of thiophene rings is 1. The Morgan fingerprint density at radius 2 is 2.20 bits per heavy atom. The van der Waals surface area contributed by atoms with Crippen molar-refractivity contribution < 1.29 is 0 Å². The van der Waals surface area contributed by atoms with Crippen LogP contribution in [0.5, 0.6) is 0 Å². The summed E-state index contributed by atoms with van der Waals surface area (Å²) >= 11 is 1.89. The van der Waals surface area contributed by atoms with Crippen LogP contribution in [-0.2, 0) is 19.4 Å². The van der Waals surface area contributed by atoms with Crippen LogP contribution >= 0.6 is 11.3 Å². The average Bonchev–Trinajstić information content (AvgIpc) is 2.87. The van der Waals surface area contributed by atoms with Crippen LogP contribution in [0.25, 0.3) is 0 Å². The van der Waals surface area contributed by atoms with Gasteiger partial charge in [-0.15, -0.1) is 11.3 Å². The van der Waals surface area contributed by atoms with E-state index < -0.39 is 0 Å². The van der Waals surface area contributed by atoms with Gasteiger partial charge < -0.3 is 10.6 Å². The zero-order valence-electron chi connectivity index (χ0n) is 12.2. The molecule has 2 nitrogen and oxygen atoms in total. The van der Waals surface area contributed by atoms with Crippen LogP contribution in [0.4, 0.5) is 5.69 Å². The Hall–Kier alpha value is -1.32. The van der Waals surface area contributed by atoms with Crippen molar-refractivity contribution in [3.8, 4) is 0 Å². The summed E-state index contributed by atoms with van der Waals surface area (Å²) < 4.78 is 0. The molecule has 3 heteroatoms. The molecule has 2 N–H and O–H groups in total. The molecule has 1 unspecified atom stereocenters. The molecule has 0 bridgehead atoms. The Labute approximate surface area is 125 Å². The first-order chi connectivity index (χ1) is 9.63. The average molecular weight is 286 g/mol. The minimum Gasteiger partial charge on any atom is -0.367 e. The van der Waals surface area contributed by atoms with E-state index in [1.807, 2.05) is 11.3 Å². The van der Waals surface area contributed by atoms with Gasteiger partial charge in [0.1, 0.15) is 0 Å². The Balaban J connectivity index is 1.80. The fraction of sp³-hybridized carbons (Fsp3) is 0.412. The van der Waals surface area contributed by atoms with Gasteiger partial charge >= 0.3 is 0 Å². The lowest BCUT2D eigenvalue weighted by Crippen LogP contribution is -2.29. The molecule has 1 aromatic carbocycles. The number of hydrogen-bond acceptors (Lipinski definition) is 3.